The Morgan fingerprint density at radius 1 is 1.29 bits per heavy atom. The van der Waals surface area contributed by atoms with Crippen molar-refractivity contribution in [3.63, 3.8) is 0 Å². The van der Waals surface area contributed by atoms with Crippen LogP contribution in [0.4, 0.5) is 10.5 Å². The number of carbonyl (C=O) groups is 3. The second-order valence-corrected chi connectivity index (χ2v) is 9.97. The van der Waals surface area contributed by atoms with Crippen LogP contribution in [0, 0.1) is 18.3 Å². The number of halogens is 1. The van der Waals surface area contributed by atoms with Crippen LogP contribution in [0.5, 0.6) is 0 Å². The molecule has 3 rings (SSSR count). The Morgan fingerprint density at radius 2 is 1.93 bits per heavy atom. The molecule has 152 valence electrons. The van der Waals surface area contributed by atoms with E-state index >= 15 is 0 Å². The molecular weight excluding hydrogens is 422 g/mol. The van der Waals surface area contributed by atoms with Gasteiger partial charge in [-0.25, -0.2) is 4.79 Å². The molecule has 0 bridgehead atoms. The van der Waals surface area contributed by atoms with Crippen molar-refractivity contribution in [2.24, 2.45) is 11.3 Å². The Balaban J connectivity index is 1.65. The quantitative estimate of drug-likeness (QED) is 0.677. The molecule has 4 amide bonds. The fourth-order valence-electron chi connectivity index (χ4n) is 4.24. The van der Waals surface area contributed by atoms with Gasteiger partial charge in [0.05, 0.1) is 0 Å². The first kappa shape index (κ1) is 20.8. The van der Waals surface area contributed by atoms with E-state index in [-0.39, 0.29) is 23.8 Å². The monoisotopic (exact) mass is 449 g/mol. The molecule has 1 spiro atoms. The van der Waals surface area contributed by atoms with Gasteiger partial charge in [0.1, 0.15) is 12.1 Å². The molecule has 1 aromatic rings. The Kier molecular flexibility index (Phi) is 5.58. The molecule has 1 saturated carbocycles. The Morgan fingerprint density at radius 3 is 2.50 bits per heavy atom. The van der Waals surface area contributed by atoms with Crippen molar-refractivity contribution in [1.82, 2.24) is 10.2 Å². The molecule has 0 unspecified atom stereocenters. The van der Waals surface area contributed by atoms with Crippen LogP contribution in [0.1, 0.15) is 52.0 Å². The summed E-state index contributed by atoms with van der Waals surface area (Å²) >= 11 is 3.39. The first-order valence-electron chi connectivity index (χ1n) is 9.72. The molecule has 7 heteroatoms. The first-order valence-corrected chi connectivity index (χ1v) is 10.5. The molecule has 1 aliphatic carbocycles. The molecule has 0 radical (unpaired) electrons. The molecule has 1 aromatic carbocycles. The van der Waals surface area contributed by atoms with Gasteiger partial charge in [0, 0.05) is 10.2 Å². The topological polar surface area (TPSA) is 78.5 Å². The highest BCUT2D eigenvalue weighted by Gasteiger charge is 2.53. The van der Waals surface area contributed by atoms with Crippen LogP contribution in [0.25, 0.3) is 0 Å². The highest BCUT2D eigenvalue weighted by Crippen LogP contribution is 2.43. The van der Waals surface area contributed by atoms with Crippen LogP contribution in [-0.4, -0.2) is 34.8 Å². The number of carbonyl (C=O) groups excluding carboxylic acids is 3. The standard InChI is InChI=1S/C21H28BrN3O3/c1-13-11-15(22)5-6-16(13)23-17(26)12-25-18(27)21(24-19(25)28)9-7-14(8-10-21)20(2,3)4/h5-6,11,14H,7-10,12H2,1-4H3,(H,23,26)(H,24,28). The van der Waals surface area contributed by atoms with Gasteiger partial charge in [0.2, 0.25) is 5.91 Å². The molecule has 2 fully saturated rings. The molecule has 0 atom stereocenters. The number of anilines is 1. The zero-order valence-electron chi connectivity index (χ0n) is 16.9. The smallest absolute Gasteiger partial charge is 0.324 e. The van der Waals surface area contributed by atoms with Crippen LogP contribution in [0.3, 0.4) is 0 Å². The molecule has 0 aromatic heterocycles. The number of nitrogens with one attached hydrogen (secondary N) is 2. The molecule has 1 aliphatic heterocycles. The van der Waals surface area contributed by atoms with E-state index < -0.39 is 11.6 Å². The average molecular weight is 450 g/mol. The summed E-state index contributed by atoms with van der Waals surface area (Å²) in [5.74, 6) is -0.123. The lowest BCUT2D eigenvalue weighted by Gasteiger charge is -2.40. The predicted molar refractivity (Wildman–Crippen MR) is 112 cm³/mol. The lowest BCUT2D eigenvalue weighted by Crippen LogP contribution is -2.51. The molecular formula is C21H28BrN3O3. The largest absolute Gasteiger partial charge is 0.325 e. The summed E-state index contributed by atoms with van der Waals surface area (Å²) in [4.78, 5) is 39.0. The highest BCUT2D eigenvalue weighted by atomic mass is 79.9. The summed E-state index contributed by atoms with van der Waals surface area (Å²) in [5, 5.41) is 5.67. The Bertz CT molecular complexity index is 808. The average Bonchev–Trinajstić information content (AvgIpc) is 2.81. The van der Waals surface area contributed by atoms with E-state index in [1.807, 2.05) is 19.1 Å². The third-order valence-electron chi connectivity index (χ3n) is 6.07. The fraction of sp³-hybridized carbons (Fsp3) is 0.571. The fourth-order valence-corrected chi connectivity index (χ4v) is 4.71. The normalized spacial score (nSPS) is 25.2. The van der Waals surface area contributed by atoms with E-state index in [1.165, 1.54) is 0 Å². The summed E-state index contributed by atoms with van der Waals surface area (Å²) in [6.45, 7) is 8.25. The molecule has 28 heavy (non-hydrogen) atoms. The van der Waals surface area contributed by atoms with Gasteiger partial charge in [-0.15, -0.1) is 0 Å². The van der Waals surface area contributed by atoms with Crippen molar-refractivity contribution in [3.8, 4) is 0 Å². The summed E-state index contributed by atoms with van der Waals surface area (Å²) in [5.41, 5.74) is 0.916. The third kappa shape index (κ3) is 4.09. The van der Waals surface area contributed by atoms with Gasteiger partial charge in [-0.05, 0) is 67.7 Å². The van der Waals surface area contributed by atoms with Crippen LogP contribution in [0.15, 0.2) is 22.7 Å². The minimum atomic E-state index is -0.841. The number of amides is 4. The number of urea groups is 1. The number of nitrogens with zero attached hydrogens (tertiary/aromatic N) is 1. The zero-order chi connectivity index (χ0) is 20.7. The summed E-state index contributed by atoms with van der Waals surface area (Å²) in [6, 6.07) is 5.05. The molecule has 6 nitrogen and oxygen atoms in total. The number of hydrogen-bond acceptors (Lipinski definition) is 3. The Hall–Kier alpha value is -1.89. The van der Waals surface area contributed by atoms with E-state index in [0.717, 1.165) is 27.8 Å². The summed E-state index contributed by atoms with van der Waals surface area (Å²) in [6.07, 6.45) is 3.05. The first-order chi connectivity index (χ1) is 13.0. The SMILES string of the molecule is Cc1cc(Br)ccc1NC(=O)CN1C(=O)NC2(CCC(C(C)(C)C)CC2)C1=O. The van der Waals surface area contributed by atoms with Crippen LogP contribution in [-0.2, 0) is 9.59 Å². The number of benzene rings is 1. The van der Waals surface area contributed by atoms with E-state index in [1.54, 1.807) is 6.07 Å². The summed E-state index contributed by atoms with van der Waals surface area (Å²) < 4.78 is 0.921. The van der Waals surface area contributed by atoms with Crippen LogP contribution >= 0.6 is 15.9 Å². The van der Waals surface area contributed by atoms with Crippen molar-refractivity contribution in [3.05, 3.63) is 28.2 Å². The second kappa shape index (κ2) is 7.50. The van der Waals surface area contributed by atoms with Gasteiger partial charge in [0.15, 0.2) is 0 Å². The number of hydrogen-bond donors (Lipinski definition) is 2. The van der Waals surface area contributed by atoms with Gasteiger partial charge in [-0.1, -0.05) is 36.7 Å². The van der Waals surface area contributed by atoms with Gasteiger partial charge in [-0.2, -0.15) is 0 Å². The molecule has 2 N–H and O–H groups in total. The number of imide groups is 1. The summed E-state index contributed by atoms with van der Waals surface area (Å²) in [7, 11) is 0. The van der Waals surface area contributed by atoms with E-state index in [4.69, 9.17) is 0 Å². The number of aryl methyl sites for hydroxylation is 1. The van der Waals surface area contributed by atoms with E-state index in [9.17, 15) is 14.4 Å². The van der Waals surface area contributed by atoms with Crippen molar-refractivity contribution >= 4 is 39.5 Å². The highest BCUT2D eigenvalue weighted by molar-refractivity contribution is 9.10. The lowest BCUT2D eigenvalue weighted by atomic mass is 9.67. The van der Waals surface area contributed by atoms with Crippen LogP contribution in [0.2, 0.25) is 0 Å². The molecule has 1 saturated heterocycles. The minimum Gasteiger partial charge on any atom is -0.324 e. The maximum Gasteiger partial charge on any atom is 0.325 e. The second-order valence-electron chi connectivity index (χ2n) is 9.05. The van der Waals surface area contributed by atoms with Crippen molar-refractivity contribution in [1.29, 1.82) is 0 Å². The maximum absolute atomic E-state index is 13.0. The van der Waals surface area contributed by atoms with Crippen molar-refractivity contribution in [2.75, 3.05) is 11.9 Å². The maximum atomic E-state index is 13.0. The molecule has 2 aliphatic rings. The third-order valence-corrected chi connectivity index (χ3v) is 6.57. The zero-order valence-corrected chi connectivity index (χ0v) is 18.5. The minimum absolute atomic E-state index is 0.190. The van der Waals surface area contributed by atoms with E-state index in [0.29, 0.717) is 24.4 Å². The van der Waals surface area contributed by atoms with Crippen molar-refractivity contribution < 1.29 is 14.4 Å². The Labute approximate surface area is 174 Å². The molecule has 1 heterocycles. The van der Waals surface area contributed by atoms with Gasteiger partial charge in [-0.3, -0.25) is 14.5 Å². The van der Waals surface area contributed by atoms with Gasteiger partial charge in [0.25, 0.3) is 5.91 Å². The number of rotatable bonds is 3. The van der Waals surface area contributed by atoms with Gasteiger partial charge >= 0.3 is 6.03 Å². The van der Waals surface area contributed by atoms with Gasteiger partial charge < -0.3 is 10.6 Å². The van der Waals surface area contributed by atoms with Crippen molar-refractivity contribution in [2.45, 2.75) is 58.9 Å². The van der Waals surface area contributed by atoms with E-state index in [2.05, 4.69) is 47.3 Å². The lowest BCUT2D eigenvalue weighted by molar-refractivity contribution is -0.135. The predicted octanol–water partition coefficient (Wildman–Crippen LogP) is 4.22. The van der Waals surface area contributed by atoms with Crippen LogP contribution < -0.4 is 10.6 Å².